The molecular formula is C12H14BrClN2O2. The lowest BCUT2D eigenvalue weighted by Gasteiger charge is -2.09. The molecule has 0 aliphatic heterocycles. The van der Waals surface area contributed by atoms with Crippen molar-refractivity contribution in [3.63, 3.8) is 0 Å². The van der Waals surface area contributed by atoms with Crippen LogP contribution in [0.15, 0.2) is 22.7 Å². The summed E-state index contributed by atoms with van der Waals surface area (Å²) in [4.78, 5) is 23.1. The zero-order valence-corrected chi connectivity index (χ0v) is 12.4. The molecule has 1 rings (SSSR count). The van der Waals surface area contributed by atoms with Gasteiger partial charge in [-0.1, -0.05) is 11.6 Å². The van der Waals surface area contributed by atoms with Crippen molar-refractivity contribution in [3.8, 4) is 0 Å². The molecule has 0 saturated carbocycles. The van der Waals surface area contributed by atoms with Crippen LogP contribution in [0.3, 0.4) is 0 Å². The number of benzene rings is 1. The zero-order chi connectivity index (χ0) is 13.7. The van der Waals surface area contributed by atoms with Gasteiger partial charge in [0.1, 0.15) is 0 Å². The van der Waals surface area contributed by atoms with Crippen LogP contribution in [-0.2, 0) is 4.79 Å². The summed E-state index contributed by atoms with van der Waals surface area (Å²) in [6.45, 7) is 3.67. The highest BCUT2D eigenvalue weighted by atomic mass is 79.9. The molecule has 0 bridgehead atoms. The van der Waals surface area contributed by atoms with Crippen LogP contribution in [0.4, 0.5) is 0 Å². The number of halogens is 2. The van der Waals surface area contributed by atoms with Gasteiger partial charge < -0.3 is 10.6 Å². The fourth-order valence-electron chi connectivity index (χ4n) is 1.27. The van der Waals surface area contributed by atoms with Gasteiger partial charge in [-0.25, -0.2) is 0 Å². The standard InChI is InChI=1S/C12H14BrClN2O2/c1-7(2)16-11(17)6-15-12(18)8-3-4-10(14)9(13)5-8/h3-5,7H,6H2,1-2H3,(H,15,18)(H,16,17). The van der Waals surface area contributed by atoms with E-state index in [1.807, 2.05) is 13.8 Å². The van der Waals surface area contributed by atoms with Crippen molar-refractivity contribution >= 4 is 39.3 Å². The number of hydrogen-bond donors (Lipinski definition) is 2. The highest BCUT2D eigenvalue weighted by Gasteiger charge is 2.09. The van der Waals surface area contributed by atoms with Gasteiger partial charge in [-0.05, 0) is 48.0 Å². The first-order chi connectivity index (χ1) is 8.40. The first-order valence-corrected chi connectivity index (χ1v) is 6.60. The van der Waals surface area contributed by atoms with E-state index in [2.05, 4.69) is 26.6 Å². The summed E-state index contributed by atoms with van der Waals surface area (Å²) in [5.41, 5.74) is 0.448. The van der Waals surface area contributed by atoms with Crippen molar-refractivity contribution in [3.05, 3.63) is 33.3 Å². The second-order valence-electron chi connectivity index (χ2n) is 4.03. The van der Waals surface area contributed by atoms with Crippen molar-refractivity contribution in [1.82, 2.24) is 10.6 Å². The molecule has 0 heterocycles. The molecule has 0 aliphatic carbocycles. The zero-order valence-electron chi connectivity index (χ0n) is 10.1. The van der Waals surface area contributed by atoms with Gasteiger partial charge in [-0.3, -0.25) is 9.59 Å². The molecule has 98 valence electrons. The van der Waals surface area contributed by atoms with Crippen LogP contribution < -0.4 is 10.6 Å². The maximum absolute atomic E-state index is 11.7. The van der Waals surface area contributed by atoms with Crippen LogP contribution in [0.25, 0.3) is 0 Å². The molecule has 2 N–H and O–H groups in total. The van der Waals surface area contributed by atoms with Crippen LogP contribution in [0.2, 0.25) is 5.02 Å². The maximum atomic E-state index is 11.7. The first kappa shape index (κ1) is 15.0. The average molecular weight is 334 g/mol. The lowest BCUT2D eigenvalue weighted by molar-refractivity contribution is -0.120. The van der Waals surface area contributed by atoms with Crippen molar-refractivity contribution < 1.29 is 9.59 Å². The minimum Gasteiger partial charge on any atom is -0.352 e. The predicted octanol–water partition coefficient (Wildman–Crippen LogP) is 2.36. The van der Waals surface area contributed by atoms with Crippen LogP contribution in [0.5, 0.6) is 0 Å². The van der Waals surface area contributed by atoms with Crippen LogP contribution in [-0.4, -0.2) is 24.4 Å². The van der Waals surface area contributed by atoms with Gasteiger partial charge >= 0.3 is 0 Å². The van der Waals surface area contributed by atoms with Crippen molar-refractivity contribution in [2.75, 3.05) is 6.54 Å². The van der Waals surface area contributed by atoms with E-state index in [4.69, 9.17) is 11.6 Å². The van der Waals surface area contributed by atoms with Crippen molar-refractivity contribution in [1.29, 1.82) is 0 Å². The van der Waals surface area contributed by atoms with Crippen LogP contribution in [0.1, 0.15) is 24.2 Å². The minimum atomic E-state index is -0.314. The Morgan fingerprint density at radius 1 is 1.39 bits per heavy atom. The fourth-order valence-corrected chi connectivity index (χ4v) is 1.77. The number of carbonyl (C=O) groups excluding carboxylic acids is 2. The second kappa shape index (κ2) is 6.75. The molecule has 0 radical (unpaired) electrons. The van der Waals surface area contributed by atoms with Crippen molar-refractivity contribution in [2.45, 2.75) is 19.9 Å². The summed E-state index contributed by atoms with van der Waals surface area (Å²) < 4.78 is 0.642. The topological polar surface area (TPSA) is 58.2 Å². The number of amides is 2. The van der Waals surface area contributed by atoms with Gasteiger partial charge in [0.25, 0.3) is 5.91 Å². The lowest BCUT2D eigenvalue weighted by Crippen LogP contribution is -2.39. The van der Waals surface area contributed by atoms with Gasteiger partial charge in [0.15, 0.2) is 0 Å². The monoisotopic (exact) mass is 332 g/mol. The molecule has 0 aliphatic rings. The minimum absolute atomic E-state index is 0.0444. The van der Waals surface area contributed by atoms with E-state index in [9.17, 15) is 9.59 Å². The Kier molecular flexibility index (Phi) is 5.62. The Bertz CT molecular complexity index is 463. The normalized spacial score (nSPS) is 10.3. The van der Waals surface area contributed by atoms with E-state index in [0.29, 0.717) is 15.1 Å². The summed E-state index contributed by atoms with van der Waals surface area (Å²) in [7, 11) is 0. The summed E-state index contributed by atoms with van der Waals surface area (Å²) >= 11 is 9.06. The molecule has 4 nitrogen and oxygen atoms in total. The van der Waals surface area contributed by atoms with Gasteiger partial charge in [-0.2, -0.15) is 0 Å². The molecular weight excluding hydrogens is 320 g/mol. The summed E-state index contributed by atoms with van der Waals surface area (Å²) in [5, 5.41) is 5.75. The van der Waals surface area contributed by atoms with Crippen LogP contribution in [0, 0.1) is 0 Å². The molecule has 0 saturated heterocycles. The van der Waals surface area contributed by atoms with Gasteiger partial charge in [0.05, 0.1) is 11.6 Å². The second-order valence-corrected chi connectivity index (χ2v) is 5.30. The molecule has 0 spiro atoms. The van der Waals surface area contributed by atoms with Gasteiger partial charge in [0.2, 0.25) is 5.91 Å². The van der Waals surface area contributed by atoms with E-state index >= 15 is 0 Å². The molecule has 18 heavy (non-hydrogen) atoms. The average Bonchev–Trinajstić information content (AvgIpc) is 2.28. The lowest BCUT2D eigenvalue weighted by atomic mass is 10.2. The molecule has 1 aromatic carbocycles. The van der Waals surface area contributed by atoms with E-state index in [1.165, 1.54) is 0 Å². The summed E-state index contributed by atoms with van der Waals surface area (Å²) in [6, 6.07) is 4.88. The number of carbonyl (C=O) groups is 2. The first-order valence-electron chi connectivity index (χ1n) is 5.42. The fraction of sp³-hybridized carbons (Fsp3) is 0.333. The largest absolute Gasteiger partial charge is 0.352 e. The SMILES string of the molecule is CC(C)NC(=O)CNC(=O)c1ccc(Cl)c(Br)c1. The Morgan fingerprint density at radius 2 is 2.06 bits per heavy atom. The number of nitrogens with one attached hydrogen (secondary N) is 2. The highest BCUT2D eigenvalue weighted by Crippen LogP contribution is 2.23. The smallest absolute Gasteiger partial charge is 0.251 e. The Labute approximate surface area is 119 Å². The van der Waals surface area contributed by atoms with Crippen LogP contribution >= 0.6 is 27.5 Å². The number of hydrogen-bond acceptors (Lipinski definition) is 2. The Balaban J connectivity index is 2.55. The summed E-state index contributed by atoms with van der Waals surface area (Å²) in [6.07, 6.45) is 0. The number of rotatable bonds is 4. The molecule has 0 aromatic heterocycles. The molecule has 6 heteroatoms. The third-order valence-corrected chi connectivity index (χ3v) is 3.25. The highest BCUT2D eigenvalue weighted by molar-refractivity contribution is 9.10. The van der Waals surface area contributed by atoms with Crippen molar-refractivity contribution in [2.24, 2.45) is 0 Å². The predicted molar refractivity (Wildman–Crippen MR) is 74.8 cm³/mol. The molecule has 1 aromatic rings. The summed E-state index contributed by atoms with van der Waals surface area (Å²) in [5.74, 6) is -0.530. The van der Waals surface area contributed by atoms with Gasteiger partial charge in [-0.15, -0.1) is 0 Å². The van der Waals surface area contributed by atoms with E-state index in [-0.39, 0.29) is 24.4 Å². The molecule has 0 atom stereocenters. The molecule has 0 fully saturated rings. The Morgan fingerprint density at radius 3 is 2.61 bits per heavy atom. The third kappa shape index (κ3) is 4.66. The Hall–Kier alpha value is -1.07. The third-order valence-electron chi connectivity index (χ3n) is 2.04. The molecule has 2 amide bonds. The van der Waals surface area contributed by atoms with E-state index in [0.717, 1.165) is 0 Å². The maximum Gasteiger partial charge on any atom is 0.251 e. The van der Waals surface area contributed by atoms with E-state index in [1.54, 1.807) is 18.2 Å². The molecule has 0 unspecified atom stereocenters. The quantitative estimate of drug-likeness (QED) is 0.888. The van der Waals surface area contributed by atoms with Gasteiger partial charge in [0, 0.05) is 16.1 Å². The van der Waals surface area contributed by atoms with E-state index < -0.39 is 0 Å².